The van der Waals surface area contributed by atoms with Gasteiger partial charge in [-0.25, -0.2) is 18.4 Å². The molecule has 2 fully saturated rings. The lowest BCUT2D eigenvalue weighted by molar-refractivity contribution is -0.511. The number of hydrogen-bond acceptors (Lipinski definition) is 13. The molecule has 0 aliphatic carbocycles. The second kappa shape index (κ2) is 5.82. The predicted octanol–water partition coefficient (Wildman–Crippen LogP) is -3.35. The number of hydrogen-bond donors (Lipinski definition) is 5. The molecule has 132 valence electrons. The van der Waals surface area contributed by atoms with E-state index in [1.807, 2.05) is 0 Å². The van der Waals surface area contributed by atoms with Crippen LogP contribution in [0.1, 0.15) is 6.92 Å². The summed E-state index contributed by atoms with van der Waals surface area (Å²) in [6.45, 7) is -0.421. The fourth-order valence-corrected chi connectivity index (χ4v) is 2.92. The smallest absolute Gasteiger partial charge is 0.391 e. The standard InChI is InChI=1S/C9H13O13P/c1-3(11)7(15)18-22-23(17)20-9(21-23)6(14)4(12)5(13)8(16,2-10)19-9/h4-6,10,12-14,16H,2H2,1H3/t4-,5-,6-,8-,9?,23?/m0/s1. The van der Waals surface area contributed by atoms with E-state index in [0.717, 1.165) is 6.92 Å². The molecule has 0 aromatic heterocycles. The van der Waals surface area contributed by atoms with E-state index >= 15 is 0 Å². The van der Waals surface area contributed by atoms with Gasteiger partial charge in [-0.3, -0.25) is 14.4 Å². The van der Waals surface area contributed by atoms with Crippen molar-refractivity contribution in [1.82, 2.24) is 0 Å². The average molecular weight is 360 g/mol. The summed E-state index contributed by atoms with van der Waals surface area (Å²) in [5.41, 5.74) is 0. The van der Waals surface area contributed by atoms with Crippen LogP contribution in [0.4, 0.5) is 0 Å². The lowest BCUT2D eigenvalue weighted by Crippen LogP contribution is -2.74. The van der Waals surface area contributed by atoms with Gasteiger partial charge in [0.15, 0.2) is 6.10 Å². The van der Waals surface area contributed by atoms with E-state index in [0.29, 0.717) is 0 Å². The summed E-state index contributed by atoms with van der Waals surface area (Å²) in [4.78, 5) is 25.3. The van der Waals surface area contributed by atoms with Gasteiger partial charge in [0.05, 0.1) is 0 Å². The average Bonchev–Trinajstić information content (AvgIpc) is 2.46. The minimum absolute atomic E-state index is 0.832. The second-order valence-corrected chi connectivity index (χ2v) is 6.13. The van der Waals surface area contributed by atoms with Gasteiger partial charge in [-0.1, -0.05) is 4.67 Å². The summed E-state index contributed by atoms with van der Waals surface area (Å²) in [7, 11) is -4.64. The summed E-state index contributed by atoms with van der Waals surface area (Å²) in [6.07, 6.45) is -6.47. The molecule has 0 aromatic carbocycles. The molecule has 0 saturated carbocycles. The van der Waals surface area contributed by atoms with Crippen LogP contribution in [-0.4, -0.2) is 74.0 Å². The largest absolute Gasteiger partial charge is 0.520 e. The minimum Gasteiger partial charge on any atom is -0.391 e. The van der Waals surface area contributed by atoms with E-state index in [2.05, 4.69) is 23.3 Å². The van der Waals surface area contributed by atoms with Gasteiger partial charge in [-0.2, -0.15) is 0 Å². The highest BCUT2D eigenvalue weighted by molar-refractivity contribution is 7.49. The zero-order valence-corrected chi connectivity index (χ0v) is 12.3. The first-order chi connectivity index (χ1) is 10.5. The highest BCUT2D eigenvalue weighted by Gasteiger charge is 2.73. The minimum atomic E-state index is -4.64. The van der Waals surface area contributed by atoms with Crippen molar-refractivity contribution >= 4 is 19.6 Å². The van der Waals surface area contributed by atoms with E-state index in [1.165, 1.54) is 0 Å². The highest BCUT2D eigenvalue weighted by Crippen LogP contribution is 2.68. The van der Waals surface area contributed by atoms with Crippen molar-refractivity contribution < 1.29 is 63.0 Å². The van der Waals surface area contributed by atoms with Crippen LogP contribution in [0, 0.1) is 0 Å². The Bertz CT molecular complexity index is 552. The Morgan fingerprint density at radius 2 is 1.78 bits per heavy atom. The monoisotopic (exact) mass is 360 g/mol. The SMILES string of the molecule is CC(=O)C(=O)OOP1(=O)OC2(O[C@@](O)(CO)[C@@H](O)[C@H](O)[C@@H]2O)O1. The Morgan fingerprint density at radius 3 is 2.26 bits per heavy atom. The Labute approximate surface area is 127 Å². The molecule has 0 radical (unpaired) electrons. The number of carbonyl (C=O) groups is 2. The lowest BCUT2D eigenvalue weighted by atomic mass is 9.95. The Morgan fingerprint density at radius 1 is 1.22 bits per heavy atom. The number of ether oxygens (including phenoxy) is 1. The van der Waals surface area contributed by atoms with Crippen LogP contribution in [0.5, 0.6) is 0 Å². The summed E-state index contributed by atoms with van der Waals surface area (Å²) >= 11 is 0. The molecule has 2 heterocycles. The van der Waals surface area contributed by atoms with Gasteiger partial charge in [-0.05, 0) is 0 Å². The Hall–Kier alpha value is -0.990. The van der Waals surface area contributed by atoms with Gasteiger partial charge in [0.1, 0.15) is 18.8 Å². The third kappa shape index (κ3) is 3.04. The molecule has 23 heavy (non-hydrogen) atoms. The molecular formula is C9H13O13P. The van der Waals surface area contributed by atoms with Crippen molar-refractivity contribution in [3.8, 4) is 0 Å². The maximum atomic E-state index is 11.8. The van der Waals surface area contributed by atoms with Crippen LogP contribution < -0.4 is 0 Å². The molecule has 2 saturated heterocycles. The maximum absolute atomic E-state index is 11.8. The second-order valence-electron chi connectivity index (χ2n) is 4.72. The molecule has 2 aliphatic heterocycles. The maximum Gasteiger partial charge on any atom is 0.520 e. The number of Topliss-reactive ketones (excluding diaryl/α,β-unsaturated/α-hetero) is 1. The van der Waals surface area contributed by atoms with E-state index in [-0.39, 0.29) is 0 Å². The summed E-state index contributed by atoms with van der Waals surface area (Å²) in [5.74, 6) is -8.20. The van der Waals surface area contributed by atoms with Crippen molar-refractivity contribution in [2.75, 3.05) is 6.61 Å². The molecular weight excluding hydrogens is 347 g/mol. The first-order valence-electron chi connectivity index (χ1n) is 5.99. The predicted molar refractivity (Wildman–Crippen MR) is 61.5 cm³/mol. The van der Waals surface area contributed by atoms with Crippen LogP contribution in [0.2, 0.25) is 0 Å². The van der Waals surface area contributed by atoms with Crippen molar-refractivity contribution in [2.45, 2.75) is 37.0 Å². The van der Waals surface area contributed by atoms with Crippen molar-refractivity contribution in [1.29, 1.82) is 0 Å². The van der Waals surface area contributed by atoms with Crippen LogP contribution in [-0.2, 0) is 37.5 Å². The summed E-state index contributed by atoms with van der Waals surface area (Å²) in [6, 6.07) is 0. The lowest BCUT2D eigenvalue weighted by Gasteiger charge is -2.54. The quantitative estimate of drug-likeness (QED) is 0.144. The zero-order valence-electron chi connectivity index (χ0n) is 11.4. The molecule has 0 unspecified atom stereocenters. The molecule has 5 N–H and O–H groups in total. The van der Waals surface area contributed by atoms with E-state index in [4.69, 9.17) is 5.11 Å². The first kappa shape index (κ1) is 18.4. The van der Waals surface area contributed by atoms with Crippen LogP contribution >= 0.6 is 7.82 Å². The van der Waals surface area contributed by atoms with Gasteiger partial charge in [0, 0.05) is 6.92 Å². The summed E-state index contributed by atoms with van der Waals surface area (Å²) < 4.78 is 29.4. The van der Waals surface area contributed by atoms with Gasteiger partial charge >= 0.3 is 19.8 Å². The van der Waals surface area contributed by atoms with E-state index in [1.54, 1.807) is 0 Å². The van der Waals surface area contributed by atoms with Crippen molar-refractivity contribution in [3.63, 3.8) is 0 Å². The molecule has 4 atom stereocenters. The molecule has 0 bridgehead atoms. The number of aliphatic hydroxyl groups excluding tert-OH is 4. The molecule has 2 aliphatic rings. The third-order valence-electron chi connectivity index (χ3n) is 2.99. The highest BCUT2D eigenvalue weighted by atomic mass is 31.2. The van der Waals surface area contributed by atoms with Crippen LogP contribution in [0.3, 0.4) is 0 Å². The topological polar surface area (TPSA) is 199 Å². The molecule has 14 heteroatoms. The number of ketones is 1. The number of aliphatic hydroxyl groups is 5. The zero-order chi connectivity index (χ0) is 17.6. The van der Waals surface area contributed by atoms with Gasteiger partial charge in [-0.15, -0.1) is 0 Å². The number of carbonyl (C=O) groups excluding carboxylic acids is 2. The Balaban J connectivity index is 2.09. The van der Waals surface area contributed by atoms with E-state index in [9.17, 15) is 34.6 Å². The third-order valence-corrected chi connectivity index (χ3v) is 4.20. The van der Waals surface area contributed by atoms with E-state index < -0.39 is 56.3 Å². The van der Waals surface area contributed by atoms with Gasteiger partial charge < -0.3 is 25.5 Å². The molecule has 0 amide bonds. The fraction of sp³-hybridized carbons (Fsp3) is 0.778. The Kier molecular flexibility index (Phi) is 4.65. The number of phosphoric acid groups is 1. The van der Waals surface area contributed by atoms with Crippen LogP contribution in [0.15, 0.2) is 0 Å². The van der Waals surface area contributed by atoms with Crippen molar-refractivity contribution in [3.05, 3.63) is 0 Å². The number of rotatable bonds is 4. The van der Waals surface area contributed by atoms with Gasteiger partial charge in [0.2, 0.25) is 11.6 Å². The first-order valence-corrected chi connectivity index (χ1v) is 7.45. The molecule has 0 aromatic rings. The van der Waals surface area contributed by atoms with Crippen molar-refractivity contribution in [2.24, 2.45) is 0 Å². The molecule has 2 rings (SSSR count). The number of phosphoric ester groups is 1. The molecule has 13 nitrogen and oxygen atoms in total. The fourth-order valence-electron chi connectivity index (χ4n) is 1.77. The summed E-state index contributed by atoms with van der Waals surface area (Å²) in [5, 5.41) is 47.6. The van der Waals surface area contributed by atoms with Crippen LogP contribution in [0.25, 0.3) is 0 Å². The van der Waals surface area contributed by atoms with Gasteiger partial charge in [0.25, 0.3) is 0 Å². The normalized spacial score (nSPS) is 46.3. The molecule has 1 spiro atoms.